The molecule has 0 unspecified atom stereocenters. The lowest BCUT2D eigenvalue weighted by Gasteiger charge is -2.35. The van der Waals surface area contributed by atoms with E-state index in [1.165, 1.54) is 13.2 Å². The van der Waals surface area contributed by atoms with Gasteiger partial charge in [0, 0.05) is 38.6 Å². The number of nitrogens with one attached hydrogen (secondary N) is 1. The first-order chi connectivity index (χ1) is 10.4. The van der Waals surface area contributed by atoms with Crippen molar-refractivity contribution in [1.29, 1.82) is 0 Å². The third-order valence-corrected chi connectivity index (χ3v) is 3.88. The molecule has 1 aromatic rings. The number of methoxy groups -OCH3 is 1. The van der Waals surface area contributed by atoms with Crippen molar-refractivity contribution in [3.8, 4) is 11.5 Å². The molecular weight excluding hydrogens is 297 g/mol. The van der Waals surface area contributed by atoms with Crippen molar-refractivity contribution in [2.24, 2.45) is 0 Å². The normalized spacial score (nSPS) is 18.2. The van der Waals surface area contributed by atoms with Gasteiger partial charge in [-0.15, -0.1) is 0 Å². The van der Waals surface area contributed by atoms with E-state index in [0.29, 0.717) is 13.1 Å². The molecule has 124 valence electrons. The Balaban J connectivity index is 2.22. The van der Waals surface area contributed by atoms with E-state index in [-0.39, 0.29) is 24.0 Å². The van der Waals surface area contributed by atoms with Crippen molar-refractivity contribution in [2.75, 3.05) is 33.3 Å². The van der Waals surface area contributed by atoms with Crippen LogP contribution in [0.5, 0.6) is 11.5 Å². The van der Waals surface area contributed by atoms with Crippen LogP contribution in [-0.2, 0) is 0 Å². The molecule has 22 heavy (non-hydrogen) atoms. The third-order valence-electron chi connectivity index (χ3n) is 3.88. The second-order valence-electron chi connectivity index (χ2n) is 5.39. The topological polar surface area (TPSA) is 44.7 Å². The van der Waals surface area contributed by atoms with Crippen LogP contribution in [0, 0.1) is 0 Å². The Kier molecular flexibility index (Phi) is 5.52. The molecule has 1 aliphatic rings. The summed E-state index contributed by atoms with van der Waals surface area (Å²) in [6, 6.07) is 4.43. The van der Waals surface area contributed by atoms with E-state index in [1.54, 1.807) is 12.1 Å². The summed E-state index contributed by atoms with van der Waals surface area (Å²) < 4.78 is 42.9. The number of piperazine rings is 1. The molecule has 1 saturated heterocycles. The maximum atomic E-state index is 12.6. The van der Waals surface area contributed by atoms with E-state index in [9.17, 15) is 18.3 Å². The summed E-state index contributed by atoms with van der Waals surface area (Å²) in [5, 5.41) is 12.9. The zero-order valence-electron chi connectivity index (χ0n) is 12.5. The van der Waals surface area contributed by atoms with Crippen LogP contribution < -0.4 is 10.1 Å². The average molecular weight is 318 g/mol. The SMILES string of the molecule is COc1cc([C@H](CCC(F)(F)F)N2CCNCC2)ccc1O. The van der Waals surface area contributed by atoms with Crippen molar-refractivity contribution in [2.45, 2.75) is 25.1 Å². The Bertz CT molecular complexity index is 488. The fourth-order valence-corrected chi connectivity index (χ4v) is 2.76. The highest BCUT2D eigenvalue weighted by Crippen LogP contribution is 2.35. The molecule has 4 nitrogen and oxygen atoms in total. The maximum Gasteiger partial charge on any atom is 0.389 e. The zero-order chi connectivity index (χ0) is 16.2. The minimum Gasteiger partial charge on any atom is -0.504 e. The molecule has 2 rings (SSSR count). The Morgan fingerprint density at radius 1 is 1.32 bits per heavy atom. The van der Waals surface area contributed by atoms with E-state index in [1.807, 2.05) is 4.90 Å². The van der Waals surface area contributed by atoms with E-state index in [0.717, 1.165) is 18.7 Å². The quantitative estimate of drug-likeness (QED) is 0.876. The molecule has 0 spiro atoms. The van der Waals surface area contributed by atoms with Gasteiger partial charge in [0.25, 0.3) is 0 Å². The average Bonchev–Trinajstić information content (AvgIpc) is 2.49. The molecule has 1 atom stereocenters. The number of benzene rings is 1. The molecule has 1 fully saturated rings. The summed E-state index contributed by atoms with van der Waals surface area (Å²) in [4.78, 5) is 2.05. The second-order valence-corrected chi connectivity index (χ2v) is 5.39. The highest BCUT2D eigenvalue weighted by atomic mass is 19.4. The molecule has 0 saturated carbocycles. The summed E-state index contributed by atoms with van der Waals surface area (Å²) in [6.07, 6.45) is -5.00. The van der Waals surface area contributed by atoms with Gasteiger partial charge in [0.1, 0.15) is 0 Å². The molecule has 1 aromatic carbocycles. The van der Waals surface area contributed by atoms with E-state index < -0.39 is 12.6 Å². The number of ether oxygens (including phenoxy) is 1. The molecule has 7 heteroatoms. The van der Waals surface area contributed by atoms with Gasteiger partial charge in [-0.1, -0.05) is 6.07 Å². The highest BCUT2D eigenvalue weighted by molar-refractivity contribution is 5.42. The van der Waals surface area contributed by atoms with Gasteiger partial charge in [-0.2, -0.15) is 13.2 Å². The van der Waals surface area contributed by atoms with Crippen molar-refractivity contribution >= 4 is 0 Å². The molecule has 2 N–H and O–H groups in total. The number of phenols is 1. The Labute approximate surface area is 127 Å². The highest BCUT2D eigenvalue weighted by Gasteiger charge is 2.31. The number of rotatable bonds is 5. The number of aromatic hydroxyl groups is 1. The standard InChI is InChI=1S/C15H21F3N2O2/c1-22-14-10-11(2-3-13(14)21)12(4-5-15(16,17)18)20-8-6-19-7-9-20/h2-3,10,12,19,21H,4-9H2,1H3/t12-/m0/s1. The fourth-order valence-electron chi connectivity index (χ4n) is 2.76. The van der Waals surface area contributed by atoms with E-state index in [4.69, 9.17) is 4.74 Å². The Hall–Kier alpha value is -1.47. The summed E-state index contributed by atoms with van der Waals surface area (Å²) in [5.74, 6) is 0.269. The molecule has 0 radical (unpaired) electrons. The van der Waals surface area contributed by atoms with Gasteiger partial charge in [0.15, 0.2) is 11.5 Å². The summed E-state index contributed by atoms with van der Waals surface area (Å²) in [6.45, 7) is 2.92. The summed E-state index contributed by atoms with van der Waals surface area (Å²) >= 11 is 0. The van der Waals surface area contributed by atoms with Gasteiger partial charge in [0.2, 0.25) is 0 Å². The summed E-state index contributed by atoms with van der Waals surface area (Å²) in [7, 11) is 1.42. The molecule has 1 aliphatic heterocycles. The van der Waals surface area contributed by atoms with Gasteiger partial charge < -0.3 is 15.2 Å². The first kappa shape index (κ1) is 16.9. The summed E-state index contributed by atoms with van der Waals surface area (Å²) in [5.41, 5.74) is 0.737. The van der Waals surface area contributed by atoms with Crippen molar-refractivity contribution in [1.82, 2.24) is 10.2 Å². The van der Waals surface area contributed by atoms with Gasteiger partial charge in [0.05, 0.1) is 7.11 Å². The number of alkyl halides is 3. The molecule has 0 aliphatic carbocycles. The van der Waals surface area contributed by atoms with Crippen LogP contribution in [0.4, 0.5) is 13.2 Å². The largest absolute Gasteiger partial charge is 0.504 e. The van der Waals surface area contributed by atoms with E-state index >= 15 is 0 Å². The number of phenolic OH excluding ortho intramolecular Hbond substituents is 1. The van der Waals surface area contributed by atoms with Crippen LogP contribution in [0.15, 0.2) is 18.2 Å². The van der Waals surface area contributed by atoms with Crippen LogP contribution in [0.3, 0.4) is 0 Å². The van der Waals surface area contributed by atoms with Crippen LogP contribution in [0.1, 0.15) is 24.4 Å². The molecule has 1 heterocycles. The first-order valence-electron chi connectivity index (χ1n) is 7.29. The Morgan fingerprint density at radius 3 is 2.59 bits per heavy atom. The molecule has 0 bridgehead atoms. The van der Waals surface area contributed by atoms with Crippen LogP contribution in [-0.4, -0.2) is 49.5 Å². The second kappa shape index (κ2) is 7.19. The van der Waals surface area contributed by atoms with Crippen molar-refractivity contribution in [3.05, 3.63) is 23.8 Å². The Morgan fingerprint density at radius 2 is 2.00 bits per heavy atom. The smallest absolute Gasteiger partial charge is 0.389 e. The van der Waals surface area contributed by atoms with Gasteiger partial charge in [-0.25, -0.2) is 0 Å². The predicted octanol–water partition coefficient (Wildman–Crippen LogP) is 2.69. The molecular formula is C15H21F3N2O2. The zero-order valence-corrected chi connectivity index (χ0v) is 12.5. The number of hydrogen-bond donors (Lipinski definition) is 2. The fraction of sp³-hybridized carbons (Fsp3) is 0.600. The number of nitrogens with zero attached hydrogens (tertiary/aromatic N) is 1. The maximum absolute atomic E-state index is 12.6. The number of hydrogen-bond acceptors (Lipinski definition) is 4. The first-order valence-corrected chi connectivity index (χ1v) is 7.29. The van der Waals surface area contributed by atoms with Gasteiger partial charge >= 0.3 is 6.18 Å². The molecule has 0 amide bonds. The lowest BCUT2D eigenvalue weighted by atomic mass is 9.98. The van der Waals surface area contributed by atoms with Crippen molar-refractivity contribution in [3.63, 3.8) is 0 Å². The van der Waals surface area contributed by atoms with E-state index in [2.05, 4.69) is 5.32 Å². The monoisotopic (exact) mass is 318 g/mol. The van der Waals surface area contributed by atoms with Crippen molar-refractivity contribution < 1.29 is 23.0 Å². The van der Waals surface area contributed by atoms with Crippen LogP contribution in [0.25, 0.3) is 0 Å². The minimum atomic E-state index is -4.17. The number of halogens is 3. The van der Waals surface area contributed by atoms with Crippen LogP contribution >= 0.6 is 0 Å². The lowest BCUT2D eigenvalue weighted by Crippen LogP contribution is -2.45. The van der Waals surface area contributed by atoms with Gasteiger partial charge in [-0.05, 0) is 24.1 Å². The van der Waals surface area contributed by atoms with Gasteiger partial charge in [-0.3, -0.25) is 4.90 Å². The minimum absolute atomic E-state index is 0.00255. The lowest BCUT2D eigenvalue weighted by molar-refractivity contribution is -0.138. The third kappa shape index (κ3) is 4.51. The molecule has 0 aromatic heterocycles. The predicted molar refractivity (Wildman–Crippen MR) is 77.1 cm³/mol. The van der Waals surface area contributed by atoms with Crippen LogP contribution in [0.2, 0.25) is 0 Å².